The fraction of sp³-hybridized carbons (Fsp3) is 0.667. The molecule has 0 aromatic carbocycles. The first-order valence-electron chi connectivity index (χ1n) is 6.55. The minimum atomic E-state index is -0.0757. The molecule has 18 heavy (non-hydrogen) atoms. The molecule has 0 radical (unpaired) electrons. The van der Waals surface area contributed by atoms with Gasteiger partial charge in [0.15, 0.2) is 0 Å². The van der Waals surface area contributed by atoms with E-state index in [2.05, 4.69) is 44.1 Å². The van der Waals surface area contributed by atoms with E-state index in [0.717, 1.165) is 18.5 Å². The lowest BCUT2D eigenvalue weighted by Crippen LogP contribution is -2.26. The van der Waals surface area contributed by atoms with Crippen LogP contribution in [0.15, 0.2) is 12.3 Å². The molecule has 3 heteroatoms. The maximum absolute atomic E-state index is 5.47. The summed E-state index contributed by atoms with van der Waals surface area (Å²) in [5, 5.41) is 3.36. The van der Waals surface area contributed by atoms with Crippen molar-refractivity contribution in [2.24, 2.45) is 0 Å². The molecule has 0 fully saturated rings. The fourth-order valence-corrected chi connectivity index (χ4v) is 2.10. The maximum Gasteiger partial charge on any atom is 0.0623 e. The Morgan fingerprint density at radius 2 is 2.06 bits per heavy atom. The standard InChI is InChI=1S/C15H26N2O/c1-11-9-12(2)14(17-10-11)13(16-5)7-8-15(3,4)18-6/h9-10,13,16H,7-8H2,1-6H3. The van der Waals surface area contributed by atoms with Gasteiger partial charge in [0.05, 0.1) is 11.3 Å². The fourth-order valence-electron chi connectivity index (χ4n) is 2.10. The monoisotopic (exact) mass is 250 g/mol. The zero-order chi connectivity index (χ0) is 13.8. The number of hydrogen-bond donors (Lipinski definition) is 1. The minimum Gasteiger partial charge on any atom is -0.379 e. The smallest absolute Gasteiger partial charge is 0.0623 e. The van der Waals surface area contributed by atoms with Gasteiger partial charge in [-0.25, -0.2) is 0 Å². The summed E-state index contributed by atoms with van der Waals surface area (Å²) in [4.78, 5) is 4.57. The first-order valence-corrected chi connectivity index (χ1v) is 6.55. The van der Waals surface area contributed by atoms with Crippen LogP contribution in [0.4, 0.5) is 0 Å². The molecule has 0 saturated heterocycles. The van der Waals surface area contributed by atoms with Gasteiger partial charge in [0.25, 0.3) is 0 Å². The Labute approximate surface area is 111 Å². The van der Waals surface area contributed by atoms with Gasteiger partial charge in [0.1, 0.15) is 0 Å². The van der Waals surface area contributed by atoms with Crippen LogP contribution in [0.1, 0.15) is 49.6 Å². The molecule has 0 spiro atoms. The summed E-state index contributed by atoms with van der Waals surface area (Å²) in [6, 6.07) is 2.48. The second-order valence-electron chi connectivity index (χ2n) is 5.56. The Morgan fingerprint density at radius 3 is 2.56 bits per heavy atom. The lowest BCUT2D eigenvalue weighted by molar-refractivity contribution is 0.0117. The van der Waals surface area contributed by atoms with Crippen LogP contribution in [-0.4, -0.2) is 24.7 Å². The van der Waals surface area contributed by atoms with Crippen molar-refractivity contribution in [1.82, 2.24) is 10.3 Å². The third-order valence-electron chi connectivity index (χ3n) is 3.52. The van der Waals surface area contributed by atoms with E-state index in [1.807, 2.05) is 13.2 Å². The Morgan fingerprint density at radius 1 is 1.39 bits per heavy atom. The number of nitrogens with zero attached hydrogens (tertiary/aromatic N) is 1. The minimum absolute atomic E-state index is 0.0757. The van der Waals surface area contributed by atoms with E-state index in [0.29, 0.717) is 6.04 Å². The van der Waals surface area contributed by atoms with Gasteiger partial charge < -0.3 is 10.1 Å². The molecular formula is C15H26N2O. The largest absolute Gasteiger partial charge is 0.379 e. The van der Waals surface area contributed by atoms with Crippen LogP contribution < -0.4 is 5.32 Å². The van der Waals surface area contributed by atoms with Gasteiger partial charge in [-0.2, -0.15) is 0 Å². The van der Waals surface area contributed by atoms with Crippen molar-refractivity contribution >= 4 is 0 Å². The summed E-state index contributed by atoms with van der Waals surface area (Å²) in [6.07, 6.45) is 3.96. The van der Waals surface area contributed by atoms with Crippen LogP contribution in [0.25, 0.3) is 0 Å². The normalized spacial score (nSPS) is 13.7. The van der Waals surface area contributed by atoms with Gasteiger partial charge in [-0.3, -0.25) is 4.98 Å². The van der Waals surface area contributed by atoms with Crippen LogP contribution in [0.2, 0.25) is 0 Å². The molecule has 0 bridgehead atoms. The van der Waals surface area contributed by atoms with Crippen LogP contribution in [0, 0.1) is 13.8 Å². The van der Waals surface area contributed by atoms with Crippen molar-refractivity contribution < 1.29 is 4.74 Å². The third-order valence-corrected chi connectivity index (χ3v) is 3.52. The SMILES string of the molecule is CNC(CCC(C)(C)OC)c1ncc(C)cc1C. The van der Waals surface area contributed by atoms with E-state index in [1.54, 1.807) is 7.11 Å². The van der Waals surface area contributed by atoms with Crippen LogP contribution >= 0.6 is 0 Å². The van der Waals surface area contributed by atoms with E-state index in [-0.39, 0.29) is 5.60 Å². The molecule has 0 amide bonds. The summed E-state index contributed by atoms with van der Waals surface area (Å²) >= 11 is 0. The van der Waals surface area contributed by atoms with Gasteiger partial charge in [-0.05, 0) is 58.7 Å². The average molecular weight is 250 g/mol. The van der Waals surface area contributed by atoms with Gasteiger partial charge >= 0.3 is 0 Å². The van der Waals surface area contributed by atoms with E-state index in [4.69, 9.17) is 4.74 Å². The van der Waals surface area contributed by atoms with E-state index >= 15 is 0 Å². The summed E-state index contributed by atoms with van der Waals surface area (Å²) in [5.41, 5.74) is 3.54. The molecule has 0 aliphatic heterocycles. The van der Waals surface area contributed by atoms with E-state index in [1.165, 1.54) is 11.1 Å². The van der Waals surface area contributed by atoms with Crippen LogP contribution in [0.5, 0.6) is 0 Å². The highest BCUT2D eigenvalue weighted by Gasteiger charge is 2.21. The predicted octanol–water partition coefficient (Wildman–Crippen LogP) is 3.16. The molecule has 3 nitrogen and oxygen atoms in total. The van der Waals surface area contributed by atoms with Crippen molar-refractivity contribution in [3.8, 4) is 0 Å². The molecular weight excluding hydrogens is 224 g/mol. The molecule has 102 valence electrons. The van der Waals surface area contributed by atoms with Gasteiger partial charge in [-0.15, -0.1) is 0 Å². The summed E-state index contributed by atoms with van der Waals surface area (Å²) in [7, 11) is 3.76. The molecule has 1 unspecified atom stereocenters. The first kappa shape index (κ1) is 15.1. The van der Waals surface area contributed by atoms with Gasteiger partial charge in [-0.1, -0.05) is 6.07 Å². The number of pyridine rings is 1. The Balaban J connectivity index is 2.77. The molecule has 1 N–H and O–H groups in total. The number of rotatable bonds is 6. The molecule has 0 aliphatic carbocycles. The van der Waals surface area contributed by atoms with Crippen LogP contribution in [-0.2, 0) is 4.74 Å². The van der Waals surface area contributed by atoms with Crippen LogP contribution in [0.3, 0.4) is 0 Å². The number of aromatic nitrogens is 1. The van der Waals surface area contributed by atoms with Gasteiger partial charge in [0.2, 0.25) is 0 Å². The van der Waals surface area contributed by atoms with Crippen molar-refractivity contribution in [2.45, 2.75) is 52.2 Å². The molecule has 1 rings (SSSR count). The third kappa shape index (κ3) is 4.07. The first-order chi connectivity index (χ1) is 8.39. The zero-order valence-electron chi connectivity index (χ0n) is 12.5. The van der Waals surface area contributed by atoms with E-state index in [9.17, 15) is 0 Å². The predicted molar refractivity (Wildman–Crippen MR) is 75.8 cm³/mol. The number of nitrogens with one attached hydrogen (secondary N) is 1. The number of hydrogen-bond acceptors (Lipinski definition) is 3. The number of ether oxygens (including phenoxy) is 1. The number of aryl methyl sites for hydroxylation is 2. The van der Waals surface area contributed by atoms with E-state index < -0.39 is 0 Å². The second kappa shape index (κ2) is 6.30. The zero-order valence-corrected chi connectivity index (χ0v) is 12.5. The number of methoxy groups -OCH3 is 1. The quantitative estimate of drug-likeness (QED) is 0.842. The molecule has 0 aliphatic rings. The van der Waals surface area contributed by atoms with Crippen molar-refractivity contribution in [2.75, 3.05) is 14.2 Å². The summed E-state index contributed by atoms with van der Waals surface area (Å²) < 4.78 is 5.47. The molecule has 1 aromatic rings. The lowest BCUT2D eigenvalue weighted by Gasteiger charge is -2.26. The summed E-state index contributed by atoms with van der Waals surface area (Å²) in [5.74, 6) is 0. The van der Waals surface area contributed by atoms with Crippen molar-refractivity contribution in [3.63, 3.8) is 0 Å². The molecule has 1 heterocycles. The Bertz CT molecular complexity index is 388. The molecule has 0 saturated carbocycles. The maximum atomic E-state index is 5.47. The highest BCUT2D eigenvalue weighted by Crippen LogP contribution is 2.25. The lowest BCUT2D eigenvalue weighted by atomic mass is 9.95. The van der Waals surface area contributed by atoms with Gasteiger partial charge in [0, 0.05) is 19.3 Å². The summed E-state index contributed by atoms with van der Waals surface area (Å²) in [6.45, 7) is 8.44. The van der Waals surface area contributed by atoms with Crippen molar-refractivity contribution in [3.05, 3.63) is 29.1 Å². The molecule has 1 aromatic heterocycles. The second-order valence-corrected chi connectivity index (χ2v) is 5.56. The Hall–Kier alpha value is -0.930. The highest BCUT2D eigenvalue weighted by molar-refractivity contribution is 5.25. The molecule has 1 atom stereocenters. The average Bonchev–Trinajstić information content (AvgIpc) is 2.32. The van der Waals surface area contributed by atoms with Crippen molar-refractivity contribution in [1.29, 1.82) is 0 Å². The Kier molecular flexibility index (Phi) is 5.29. The highest BCUT2D eigenvalue weighted by atomic mass is 16.5. The topological polar surface area (TPSA) is 34.1 Å².